The quantitative estimate of drug-likeness (QED) is 0.362. The van der Waals surface area contributed by atoms with Crippen molar-refractivity contribution in [2.45, 2.75) is 13.0 Å². The molecule has 2 aromatic rings. The predicted octanol–water partition coefficient (Wildman–Crippen LogP) is 3.27. The smallest absolute Gasteiger partial charge is 0.195 e. The van der Waals surface area contributed by atoms with Crippen LogP contribution in [0.15, 0.2) is 47.5 Å². The molecule has 8 heteroatoms. The Morgan fingerprint density at radius 3 is 2.74 bits per heavy atom. The Kier molecular flexibility index (Phi) is 8.93. The van der Waals surface area contributed by atoms with E-state index in [1.807, 2.05) is 41.3 Å². The molecule has 2 aromatic carbocycles. The molecule has 1 aliphatic rings. The molecular formula is C23H31FN4O3. The van der Waals surface area contributed by atoms with Crippen LogP contribution in [0.25, 0.3) is 0 Å². The summed E-state index contributed by atoms with van der Waals surface area (Å²) in [6, 6.07) is 13.0. The molecule has 2 N–H and O–H groups in total. The molecule has 0 atom stereocenters. The van der Waals surface area contributed by atoms with E-state index in [2.05, 4.69) is 15.6 Å². The number of nitrogens with zero attached hydrogens (tertiary/aromatic N) is 2. The van der Waals surface area contributed by atoms with Crippen LogP contribution in [0.1, 0.15) is 12.0 Å². The second-order valence-electron chi connectivity index (χ2n) is 7.16. The first-order chi connectivity index (χ1) is 15.2. The molecule has 31 heavy (non-hydrogen) atoms. The molecule has 1 saturated heterocycles. The number of aliphatic imine (C=N–C) groups is 1. The van der Waals surface area contributed by atoms with Crippen LogP contribution in [0.3, 0.4) is 0 Å². The highest BCUT2D eigenvalue weighted by atomic mass is 19.1. The zero-order valence-electron chi connectivity index (χ0n) is 18.2. The van der Waals surface area contributed by atoms with E-state index in [9.17, 15) is 4.39 Å². The van der Waals surface area contributed by atoms with E-state index in [-0.39, 0.29) is 5.82 Å². The Balaban J connectivity index is 1.53. The van der Waals surface area contributed by atoms with Crippen molar-refractivity contribution in [2.75, 3.05) is 63.9 Å². The zero-order valence-corrected chi connectivity index (χ0v) is 18.2. The van der Waals surface area contributed by atoms with E-state index in [0.29, 0.717) is 57.7 Å². The monoisotopic (exact) mass is 430 g/mol. The van der Waals surface area contributed by atoms with Crippen LogP contribution in [0, 0.1) is 5.82 Å². The number of nitrogens with one attached hydrogen (secondary N) is 2. The first-order valence-corrected chi connectivity index (χ1v) is 10.5. The average Bonchev–Trinajstić information content (AvgIpc) is 2.80. The lowest BCUT2D eigenvalue weighted by molar-refractivity contribution is 0.122. The van der Waals surface area contributed by atoms with E-state index in [4.69, 9.17) is 14.2 Å². The van der Waals surface area contributed by atoms with Crippen molar-refractivity contribution in [3.05, 3.63) is 53.8 Å². The fourth-order valence-electron chi connectivity index (χ4n) is 3.28. The molecule has 168 valence electrons. The molecule has 0 spiro atoms. The van der Waals surface area contributed by atoms with E-state index in [1.54, 1.807) is 20.2 Å². The van der Waals surface area contributed by atoms with Crippen molar-refractivity contribution < 1.29 is 18.6 Å². The maximum Gasteiger partial charge on any atom is 0.195 e. The molecule has 1 fully saturated rings. The minimum absolute atomic E-state index is 0.220. The Bertz CT molecular complexity index is 856. The maximum absolute atomic E-state index is 14.6. The third-order valence-electron chi connectivity index (χ3n) is 4.91. The Labute approximate surface area is 183 Å². The number of hydrogen-bond donors (Lipinski definition) is 2. The van der Waals surface area contributed by atoms with Crippen molar-refractivity contribution in [3.63, 3.8) is 0 Å². The first kappa shape index (κ1) is 22.8. The molecular weight excluding hydrogens is 399 g/mol. The topological polar surface area (TPSA) is 67.4 Å². The van der Waals surface area contributed by atoms with Gasteiger partial charge in [-0.1, -0.05) is 12.1 Å². The lowest BCUT2D eigenvalue weighted by atomic mass is 10.1. The standard InChI is InChI=1S/C23H31FN4O3/c1-25-23(27-19-5-3-6-20(16-19)31-12-4-11-29-2)26-17-18-7-8-22(21(24)15-18)28-9-13-30-14-10-28/h3,5-8,15-16H,4,9-14,17H2,1-2H3,(H2,25,26,27). The third-order valence-corrected chi connectivity index (χ3v) is 4.91. The highest BCUT2D eigenvalue weighted by Gasteiger charge is 2.15. The number of hydrogen-bond acceptors (Lipinski definition) is 5. The van der Waals surface area contributed by atoms with Gasteiger partial charge in [0, 0.05) is 58.6 Å². The minimum atomic E-state index is -0.220. The fourth-order valence-corrected chi connectivity index (χ4v) is 3.28. The van der Waals surface area contributed by atoms with Crippen LogP contribution in [0.4, 0.5) is 15.8 Å². The normalized spacial score (nSPS) is 14.4. The molecule has 0 radical (unpaired) electrons. The molecule has 0 saturated carbocycles. The second-order valence-corrected chi connectivity index (χ2v) is 7.16. The number of methoxy groups -OCH3 is 1. The highest BCUT2D eigenvalue weighted by molar-refractivity contribution is 5.93. The average molecular weight is 431 g/mol. The van der Waals surface area contributed by atoms with Crippen LogP contribution >= 0.6 is 0 Å². The van der Waals surface area contributed by atoms with E-state index in [0.717, 1.165) is 23.4 Å². The highest BCUT2D eigenvalue weighted by Crippen LogP contribution is 2.22. The molecule has 0 unspecified atom stereocenters. The van der Waals surface area contributed by atoms with Gasteiger partial charge in [-0.25, -0.2) is 4.39 Å². The number of rotatable bonds is 9. The van der Waals surface area contributed by atoms with Crippen molar-refractivity contribution in [1.29, 1.82) is 0 Å². The van der Waals surface area contributed by atoms with Gasteiger partial charge in [-0.15, -0.1) is 0 Å². The van der Waals surface area contributed by atoms with Gasteiger partial charge in [-0.3, -0.25) is 4.99 Å². The fraction of sp³-hybridized carbons (Fsp3) is 0.435. The van der Waals surface area contributed by atoms with Crippen molar-refractivity contribution in [3.8, 4) is 5.75 Å². The summed E-state index contributed by atoms with van der Waals surface area (Å²) in [4.78, 5) is 6.26. The van der Waals surface area contributed by atoms with Gasteiger partial charge in [-0.05, 0) is 29.8 Å². The van der Waals surface area contributed by atoms with Crippen LogP contribution < -0.4 is 20.3 Å². The molecule has 0 amide bonds. The SMILES string of the molecule is CN=C(NCc1ccc(N2CCOCC2)c(F)c1)Nc1cccc(OCCCOC)c1. The molecule has 1 aliphatic heterocycles. The summed E-state index contributed by atoms with van der Waals surface area (Å²) in [6.07, 6.45) is 0.832. The van der Waals surface area contributed by atoms with Gasteiger partial charge in [-0.2, -0.15) is 0 Å². The third kappa shape index (κ3) is 7.11. The molecule has 0 aliphatic carbocycles. The van der Waals surface area contributed by atoms with E-state index in [1.165, 1.54) is 0 Å². The Morgan fingerprint density at radius 1 is 1.16 bits per heavy atom. The summed E-state index contributed by atoms with van der Waals surface area (Å²) in [5, 5.41) is 6.46. The Hall–Kier alpha value is -2.84. The van der Waals surface area contributed by atoms with Gasteiger partial charge in [0.15, 0.2) is 5.96 Å². The maximum atomic E-state index is 14.6. The molecule has 1 heterocycles. The van der Waals surface area contributed by atoms with Gasteiger partial charge < -0.3 is 29.7 Å². The molecule has 0 aromatic heterocycles. The number of halogens is 1. The molecule has 0 bridgehead atoms. The van der Waals surface area contributed by atoms with Gasteiger partial charge >= 0.3 is 0 Å². The Morgan fingerprint density at radius 2 is 2.00 bits per heavy atom. The summed E-state index contributed by atoms with van der Waals surface area (Å²) < 4.78 is 30.7. The lowest BCUT2D eigenvalue weighted by Gasteiger charge is -2.29. The lowest BCUT2D eigenvalue weighted by Crippen LogP contribution is -2.36. The van der Waals surface area contributed by atoms with Gasteiger partial charge in [0.2, 0.25) is 0 Å². The van der Waals surface area contributed by atoms with Gasteiger partial charge in [0.25, 0.3) is 0 Å². The van der Waals surface area contributed by atoms with Crippen LogP contribution in [0.5, 0.6) is 5.75 Å². The number of morpholine rings is 1. The summed E-state index contributed by atoms with van der Waals surface area (Å²) in [6.45, 7) is 4.39. The second kappa shape index (κ2) is 12.1. The van der Waals surface area contributed by atoms with Crippen LogP contribution in [-0.2, 0) is 16.0 Å². The molecule has 7 nitrogen and oxygen atoms in total. The van der Waals surface area contributed by atoms with Crippen molar-refractivity contribution in [1.82, 2.24) is 5.32 Å². The van der Waals surface area contributed by atoms with E-state index >= 15 is 0 Å². The summed E-state index contributed by atoms with van der Waals surface area (Å²) in [5.41, 5.74) is 2.32. The van der Waals surface area contributed by atoms with Crippen LogP contribution in [0.2, 0.25) is 0 Å². The molecule has 3 rings (SSSR count). The predicted molar refractivity (Wildman–Crippen MR) is 122 cm³/mol. The van der Waals surface area contributed by atoms with Crippen molar-refractivity contribution in [2.24, 2.45) is 4.99 Å². The number of benzene rings is 2. The number of guanidine groups is 1. The number of ether oxygens (including phenoxy) is 3. The first-order valence-electron chi connectivity index (χ1n) is 10.5. The summed E-state index contributed by atoms with van der Waals surface area (Å²) in [7, 11) is 3.37. The van der Waals surface area contributed by atoms with E-state index < -0.39 is 0 Å². The van der Waals surface area contributed by atoms with Crippen molar-refractivity contribution >= 4 is 17.3 Å². The zero-order chi connectivity index (χ0) is 21.9. The van der Waals surface area contributed by atoms with Gasteiger partial charge in [0.05, 0.1) is 25.5 Å². The van der Waals surface area contributed by atoms with Gasteiger partial charge in [0.1, 0.15) is 11.6 Å². The largest absolute Gasteiger partial charge is 0.493 e. The summed E-state index contributed by atoms with van der Waals surface area (Å²) >= 11 is 0. The minimum Gasteiger partial charge on any atom is -0.493 e. The summed E-state index contributed by atoms with van der Waals surface area (Å²) in [5.74, 6) is 1.15. The number of anilines is 2. The van der Waals surface area contributed by atoms with Crippen LogP contribution in [-0.4, -0.2) is 59.6 Å².